The molecular formula is C21H25N3O3. The SMILES string of the molecule is COc1ccc2[nH]c(CNC(=O)C3CCN(Cc4ccco4)CC3)cc2c1. The summed E-state index contributed by atoms with van der Waals surface area (Å²) in [6.45, 7) is 3.18. The summed E-state index contributed by atoms with van der Waals surface area (Å²) >= 11 is 0. The van der Waals surface area contributed by atoms with Crippen molar-refractivity contribution >= 4 is 16.8 Å². The van der Waals surface area contributed by atoms with Crippen molar-refractivity contribution in [3.05, 3.63) is 54.1 Å². The molecule has 0 saturated carbocycles. The van der Waals surface area contributed by atoms with Crippen LogP contribution in [-0.4, -0.2) is 36.0 Å². The summed E-state index contributed by atoms with van der Waals surface area (Å²) in [6, 6.07) is 11.9. The van der Waals surface area contributed by atoms with Crippen molar-refractivity contribution in [1.82, 2.24) is 15.2 Å². The van der Waals surface area contributed by atoms with Crippen molar-refractivity contribution in [3.63, 3.8) is 0 Å². The molecule has 3 aromatic rings. The largest absolute Gasteiger partial charge is 0.497 e. The van der Waals surface area contributed by atoms with E-state index in [9.17, 15) is 4.79 Å². The van der Waals surface area contributed by atoms with Crippen LogP contribution < -0.4 is 10.1 Å². The number of carbonyl (C=O) groups excluding carboxylic acids is 1. The van der Waals surface area contributed by atoms with Gasteiger partial charge in [-0.15, -0.1) is 0 Å². The summed E-state index contributed by atoms with van der Waals surface area (Å²) in [6.07, 6.45) is 3.47. The van der Waals surface area contributed by atoms with Crippen molar-refractivity contribution in [2.24, 2.45) is 5.92 Å². The maximum Gasteiger partial charge on any atom is 0.223 e. The summed E-state index contributed by atoms with van der Waals surface area (Å²) in [5.74, 6) is 2.04. The molecule has 0 spiro atoms. The second-order valence-electron chi connectivity index (χ2n) is 7.10. The summed E-state index contributed by atoms with van der Waals surface area (Å²) in [7, 11) is 1.66. The van der Waals surface area contributed by atoms with Gasteiger partial charge in [0.05, 0.1) is 26.5 Å². The molecule has 0 radical (unpaired) electrons. The molecule has 0 aliphatic carbocycles. The van der Waals surface area contributed by atoms with Gasteiger partial charge in [0.25, 0.3) is 0 Å². The third-order valence-electron chi connectivity index (χ3n) is 5.25. The molecule has 0 atom stereocenters. The standard InChI is InChI=1S/C21H25N3O3/c1-26-18-4-5-20-16(12-18)11-17(23-20)13-22-21(25)15-6-8-24(9-7-15)14-19-3-2-10-27-19/h2-5,10-12,15,23H,6-9,13-14H2,1H3,(H,22,25). The molecule has 27 heavy (non-hydrogen) atoms. The Bertz CT molecular complexity index is 893. The Balaban J connectivity index is 1.27. The molecule has 3 heterocycles. The predicted molar refractivity (Wildman–Crippen MR) is 103 cm³/mol. The minimum absolute atomic E-state index is 0.0855. The number of aromatic nitrogens is 1. The lowest BCUT2D eigenvalue weighted by atomic mass is 9.96. The van der Waals surface area contributed by atoms with Gasteiger partial charge in [-0.3, -0.25) is 9.69 Å². The average Bonchev–Trinajstić information content (AvgIpc) is 3.35. The number of amides is 1. The topological polar surface area (TPSA) is 70.5 Å². The maximum atomic E-state index is 12.5. The Hall–Kier alpha value is -2.73. The van der Waals surface area contributed by atoms with Gasteiger partial charge in [-0.05, 0) is 62.3 Å². The smallest absolute Gasteiger partial charge is 0.223 e. The number of carbonyl (C=O) groups is 1. The van der Waals surface area contributed by atoms with E-state index in [0.717, 1.165) is 60.6 Å². The third-order valence-corrected chi connectivity index (χ3v) is 5.25. The van der Waals surface area contributed by atoms with Crippen molar-refractivity contribution in [3.8, 4) is 5.75 Å². The second-order valence-corrected chi connectivity index (χ2v) is 7.10. The first-order valence-corrected chi connectivity index (χ1v) is 9.39. The first kappa shape index (κ1) is 17.7. The van der Waals surface area contributed by atoms with E-state index in [2.05, 4.69) is 21.3 Å². The Morgan fingerprint density at radius 1 is 1.30 bits per heavy atom. The van der Waals surface area contributed by atoms with Gasteiger partial charge in [0.2, 0.25) is 5.91 Å². The van der Waals surface area contributed by atoms with E-state index in [1.54, 1.807) is 13.4 Å². The highest BCUT2D eigenvalue weighted by Gasteiger charge is 2.25. The quantitative estimate of drug-likeness (QED) is 0.701. The van der Waals surface area contributed by atoms with Crippen LogP contribution in [0.5, 0.6) is 5.75 Å². The van der Waals surface area contributed by atoms with Crippen LogP contribution in [0.3, 0.4) is 0 Å². The molecule has 1 aliphatic heterocycles. The fourth-order valence-corrected chi connectivity index (χ4v) is 3.70. The van der Waals surface area contributed by atoms with Crippen LogP contribution in [0.25, 0.3) is 10.9 Å². The highest BCUT2D eigenvalue weighted by atomic mass is 16.5. The molecular weight excluding hydrogens is 342 g/mol. The Morgan fingerprint density at radius 3 is 2.89 bits per heavy atom. The molecule has 142 valence electrons. The van der Waals surface area contributed by atoms with Gasteiger partial charge in [0.15, 0.2) is 0 Å². The number of hydrogen-bond acceptors (Lipinski definition) is 4. The van der Waals surface area contributed by atoms with E-state index < -0.39 is 0 Å². The molecule has 0 unspecified atom stereocenters. The lowest BCUT2D eigenvalue weighted by Crippen LogP contribution is -2.40. The zero-order chi connectivity index (χ0) is 18.6. The van der Waals surface area contributed by atoms with Crippen molar-refractivity contribution in [2.75, 3.05) is 20.2 Å². The number of nitrogens with zero attached hydrogens (tertiary/aromatic N) is 1. The normalized spacial score (nSPS) is 15.9. The maximum absolute atomic E-state index is 12.5. The molecule has 1 aromatic carbocycles. The highest BCUT2D eigenvalue weighted by Crippen LogP contribution is 2.22. The van der Waals surface area contributed by atoms with Crippen LogP contribution in [0.4, 0.5) is 0 Å². The third kappa shape index (κ3) is 4.17. The number of H-pyrrole nitrogens is 1. The minimum Gasteiger partial charge on any atom is -0.497 e. The van der Waals surface area contributed by atoms with E-state index >= 15 is 0 Å². The number of aromatic amines is 1. The minimum atomic E-state index is 0.0855. The number of hydrogen-bond donors (Lipinski definition) is 2. The van der Waals surface area contributed by atoms with Crippen molar-refractivity contribution < 1.29 is 13.9 Å². The molecule has 1 aliphatic rings. The average molecular weight is 367 g/mol. The van der Waals surface area contributed by atoms with Gasteiger partial charge in [-0.2, -0.15) is 0 Å². The molecule has 1 saturated heterocycles. The highest BCUT2D eigenvalue weighted by molar-refractivity contribution is 5.82. The molecule has 2 aromatic heterocycles. The zero-order valence-electron chi connectivity index (χ0n) is 15.5. The molecule has 4 rings (SSSR count). The first-order chi connectivity index (χ1) is 13.2. The molecule has 1 fully saturated rings. The first-order valence-electron chi connectivity index (χ1n) is 9.39. The van der Waals surface area contributed by atoms with Crippen LogP contribution in [0.1, 0.15) is 24.3 Å². The van der Waals surface area contributed by atoms with Crippen LogP contribution >= 0.6 is 0 Å². The van der Waals surface area contributed by atoms with Gasteiger partial charge < -0.3 is 19.5 Å². The fourth-order valence-electron chi connectivity index (χ4n) is 3.70. The number of methoxy groups -OCH3 is 1. The Morgan fingerprint density at radius 2 is 2.15 bits per heavy atom. The van der Waals surface area contributed by atoms with Gasteiger partial charge in [-0.1, -0.05) is 0 Å². The molecule has 6 heteroatoms. The van der Waals surface area contributed by atoms with E-state index in [1.807, 2.05) is 30.3 Å². The van der Waals surface area contributed by atoms with Crippen LogP contribution in [0.15, 0.2) is 47.1 Å². The Kier molecular flexibility index (Phi) is 5.16. The van der Waals surface area contributed by atoms with Crippen LogP contribution in [0, 0.1) is 5.92 Å². The number of rotatable bonds is 6. The molecule has 6 nitrogen and oxygen atoms in total. The molecule has 2 N–H and O–H groups in total. The fraction of sp³-hybridized carbons (Fsp3) is 0.381. The Labute approximate surface area is 158 Å². The van der Waals surface area contributed by atoms with E-state index in [-0.39, 0.29) is 11.8 Å². The number of likely N-dealkylation sites (tertiary alicyclic amines) is 1. The van der Waals surface area contributed by atoms with E-state index in [4.69, 9.17) is 9.15 Å². The number of nitrogens with one attached hydrogen (secondary N) is 2. The number of ether oxygens (including phenoxy) is 1. The van der Waals surface area contributed by atoms with Gasteiger partial charge >= 0.3 is 0 Å². The van der Waals surface area contributed by atoms with Crippen molar-refractivity contribution in [1.29, 1.82) is 0 Å². The lowest BCUT2D eigenvalue weighted by molar-refractivity contribution is -0.126. The van der Waals surface area contributed by atoms with Crippen molar-refractivity contribution in [2.45, 2.75) is 25.9 Å². The predicted octanol–water partition coefficient (Wildman–Crippen LogP) is 3.30. The lowest BCUT2D eigenvalue weighted by Gasteiger charge is -2.30. The van der Waals surface area contributed by atoms with Gasteiger partial charge in [0.1, 0.15) is 11.5 Å². The number of fused-ring (bicyclic) bond motifs is 1. The molecule has 1 amide bonds. The summed E-state index contributed by atoms with van der Waals surface area (Å²) in [5, 5.41) is 4.17. The van der Waals surface area contributed by atoms with E-state index in [1.165, 1.54) is 0 Å². The summed E-state index contributed by atoms with van der Waals surface area (Å²) in [4.78, 5) is 18.2. The summed E-state index contributed by atoms with van der Waals surface area (Å²) in [5.41, 5.74) is 2.05. The van der Waals surface area contributed by atoms with Gasteiger partial charge in [-0.25, -0.2) is 0 Å². The van der Waals surface area contributed by atoms with Gasteiger partial charge in [0, 0.05) is 22.5 Å². The molecule has 0 bridgehead atoms. The number of furan rings is 1. The number of benzene rings is 1. The van der Waals surface area contributed by atoms with Crippen LogP contribution in [0.2, 0.25) is 0 Å². The van der Waals surface area contributed by atoms with E-state index in [0.29, 0.717) is 6.54 Å². The summed E-state index contributed by atoms with van der Waals surface area (Å²) < 4.78 is 10.7. The van der Waals surface area contributed by atoms with Crippen LogP contribution in [-0.2, 0) is 17.9 Å². The zero-order valence-corrected chi connectivity index (χ0v) is 15.5. The number of piperidine rings is 1. The monoisotopic (exact) mass is 367 g/mol. The second kappa shape index (κ2) is 7.88.